The van der Waals surface area contributed by atoms with Crippen molar-refractivity contribution in [3.8, 4) is 0 Å². The van der Waals surface area contributed by atoms with Crippen molar-refractivity contribution in [2.75, 3.05) is 19.6 Å². The van der Waals surface area contributed by atoms with Gasteiger partial charge in [0.1, 0.15) is 0 Å². The van der Waals surface area contributed by atoms with E-state index in [1.54, 1.807) is 0 Å². The van der Waals surface area contributed by atoms with Crippen LogP contribution in [0.3, 0.4) is 0 Å². The number of hydrogen-bond donors (Lipinski definition) is 1. The molecule has 3 aliphatic rings. The van der Waals surface area contributed by atoms with E-state index < -0.39 is 0 Å². The monoisotopic (exact) mass is 236 g/mol. The number of nitrogens with zero attached hydrogens (tertiary/aromatic N) is 1. The molecule has 2 aliphatic carbocycles. The van der Waals surface area contributed by atoms with E-state index in [0.717, 1.165) is 11.3 Å². The maximum atomic E-state index is 3.74. The Morgan fingerprint density at radius 2 is 1.76 bits per heavy atom. The van der Waals surface area contributed by atoms with Crippen LogP contribution in [0.4, 0.5) is 0 Å². The lowest BCUT2D eigenvalue weighted by Gasteiger charge is -2.39. The van der Waals surface area contributed by atoms with Crippen LogP contribution in [0.15, 0.2) is 0 Å². The molecule has 3 rings (SSSR count). The standard InChI is InChI=1S/C15H28N2/c1-12(16-11-14-3-4-14)13(2)17-9-7-15(5-6-15)8-10-17/h12-14,16H,3-11H2,1-2H3. The van der Waals surface area contributed by atoms with Crippen LogP contribution in [-0.4, -0.2) is 36.6 Å². The summed E-state index contributed by atoms with van der Waals surface area (Å²) in [6.07, 6.45) is 8.88. The first kappa shape index (κ1) is 12.0. The molecule has 1 aliphatic heterocycles. The molecule has 1 heterocycles. The highest BCUT2D eigenvalue weighted by atomic mass is 15.2. The van der Waals surface area contributed by atoms with Gasteiger partial charge in [0.2, 0.25) is 0 Å². The fourth-order valence-electron chi connectivity index (χ4n) is 3.24. The van der Waals surface area contributed by atoms with Gasteiger partial charge in [0.15, 0.2) is 0 Å². The smallest absolute Gasteiger partial charge is 0.0218 e. The van der Waals surface area contributed by atoms with Gasteiger partial charge in [-0.25, -0.2) is 0 Å². The van der Waals surface area contributed by atoms with Crippen LogP contribution < -0.4 is 5.32 Å². The van der Waals surface area contributed by atoms with E-state index in [2.05, 4.69) is 24.1 Å². The van der Waals surface area contributed by atoms with Gasteiger partial charge >= 0.3 is 0 Å². The summed E-state index contributed by atoms with van der Waals surface area (Å²) in [6.45, 7) is 8.72. The molecule has 98 valence electrons. The molecule has 1 spiro atoms. The minimum atomic E-state index is 0.656. The predicted octanol–water partition coefficient (Wildman–Crippen LogP) is 2.64. The van der Waals surface area contributed by atoms with E-state index >= 15 is 0 Å². The van der Waals surface area contributed by atoms with Crippen LogP contribution in [0.25, 0.3) is 0 Å². The molecule has 0 aromatic rings. The highest BCUT2D eigenvalue weighted by molar-refractivity contribution is 4.98. The van der Waals surface area contributed by atoms with Gasteiger partial charge in [-0.05, 0) is 83.3 Å². The van der Waals surface area contributed by atoms with Crippen LogP contribution in [0.1, 0.15) is 52.4 Å². The molecule has 3 fully saturated rings. The molecular weight excluding hydrogens is 208 g/mol. The second-order valence-corrected chi connectivity index (χ2v) is 6.92. The SMILES string of the molecule is CC(NCC1CC1)C(C)N1CCC2(CC1)CC2. The van der Waals surface area contributed by atoms with Crippen LogP contribution in [0.5, 0.6) is 0 Å². The Bertz CT molecular complexity index is 258. The number of piperidine rings is 1. The highest BCUT2D eigenvalue weighted by Crippen LogP contribution is 2.53. The van der Waals surface area contributed by atoms with E-state index in [4.69, 9.17) is 0 Å². The van der Waals surface area contributed by atoms with Gasteiger partial charge in [0.05, 0.1) is 0 Å². The fraction of sp³-hybridized carbons (Fsp3) is 1.00. The molecule has 1 saturated heterocycles. The normalized spacial score (nSPS) is 31.4. The average Bonchev–Trinajstić information content (AvgIpc) is 3.23. The Kier molecular flexibility index (Phi) is 3.20. The number of rotatable bonds is 5. The van der Waals surface area contributed by atoms with Crippen LogP contribution in [-0.2, 0) is 0 Å². The molecule has 0 aromatic carbocycles. The predicted molar refractivity (Wildman–Crippen MR) is 72.1 cm³/mol. The van der Waals surface area contributed by atoms with Crippen molar-refractivity contribution < 1.29 is 0 Å². The summed E-state index contributed by atoms with van der Waals surface area (Å²) in [5.41, 5.74) is 0.820. The van der Waals surface area contributed by atoms with Crippen molar-refractivity contribution in [3.05, 3.63) is 0 Å². The van der Waals surface area contributed by atoms with Gasteiger partial charge in [-0.15, -0.1) is 0 Å². The van der Waals surface area contributed by atoms with E-state index in [1.807, 2.05) is 0 Å². The maximum absolute atomic E-state index is 3.74. The van der Waals surface area contributed by atoms with Crippen molar-refractivity contribution in [3.63, 3.8) is 0 Å². The first-order valence-corrected chi connectivity index (χ1v) is 7.66. The first-order valence-electron chi connectivity index (χ1n) is 7.66. The largest absolute Gasteiger partial charge is 0.312 e. The van der Waals surface area contributed by atoms with Gasteiger partial charge in [0.25, 0.3) is 0 Å². The molecular formula is C15H28N2. The molecule has 2 atom stereocenters. The molecule has 17 heavy (non-hydrogen) atoms. The lowest BCUT2D eigenvalue weighted by Crippen LogP contribution is -2.50. The van der Waals surface area contributed by atoms with Crippen molar-refractivity contribution in [1.29, 1.82) is 0 Å². The molecule has 2 nitrogen and oxygen atoms in total. The van der Waals surface area contributed by atoms with E-state index in [9.17, 15) is 0 Å². The van der Waals surface area contributed by atoms with Gasteiger partial charge in [-0.1, -0.05) is 0 Å². The number of likely N-dealkylation sites (tertiary alicyclic amines) is 1. The molecule has 2 heteroatoms. The zero-order chi connectivity index (χ0) is 11.9. The molecule has 2 saturated carbocycles. The second-order valence-electron chi connectivity index (χ2n) is 6.92. The Balaban J connectivity index is 1.42. The summed E-state index contributed by atoms with van der Waals surface area (Å²) in [5, 5.41) is 3.74. The summed E-state index contributed by atoms with van der Waals surface area (Å²) in [5.74, 6) is 1.00. The third-order valence-corrected chi connectivity index (χ3v) is 5.54. The zero-order valence-corrected chi connectivity index (χ0v) is 11.5. The Labute approximate surface area is 106 Å². The molecule has 1 N–H and O–H groups in total. The van der Waals surface area contributed by atoms with Gasteiger partial charge in [0, 0.05) is 12.1 Å². The summed E-state index contributed by atoms with van der Waals surface area (Å²) in [6, 6.07) is 1.37. The lowest BCUT2D eigenvalue weighted by molar-refractivity contribution is 0.112. The second kappa shape index (κ2) is 4.55. The molecule has 0 aromatic heterocycles. The Hall–Kier alpha value is -0.0800. The average molecular weight is 236 g/mol. The molecule has 2 unspecified atom stereocenters. The van der Waals surface area contributed by atoms with Crippen LogP contribution >= 0.6 is 0 Å². The van der Waals surface area contributed by atoms with E-state index in [1.165, 1.54) is 58.2 Å². The third kappa shape index (κ3) is 2.85. The summed E-state index contributed by atoms with van der Waals surface area (Å²) in [4.78, 5) is 2.72. The Morgan fingerprint density at radius 3 is 2.29 bits per heavy atom. The van der Waals surface area contributed by atoms with Crippen molar-refractivity contribution in [2.24, 2.45) is 11.3 Å². The summed E-state index contributed by atoms with van der Waals surface area (Å²) >= 11 is 0. The van der Waals surface area contributed by atoms with Crippen molar-refractivity contribution in [2.45, 2.75) is 64.5 Å². The van der Waals surface area contributed by atoms with E-state index in [0.29, 0.717) is 12.1 Å². The maximum Gasteiger partial charge on any atom is 0.0218 e. The van der Waals surface area contributed by atoms with Crippen LogP contribution in [0.2, 0.25) is 0 Å². The summed E-state index contributed by atoms with van der Waals surface area (Å²) in [7, 11) is 0. The quantitative estimate of drug-likeness (QED) is 0.789. The first-order chi connectivity index (χ1) is 8.19. The van der Waals surface area contributed by atoms with Crippen molar-refractivity contribution >= 4 is 0 Å². The van der Waals surface area contributed by atoms with Gasteiger partial charge in [-0.3, -0.25) is 4.90 Å². The highest BCUT2D eigenvalue weighted by Gasteiger charge is 2.45. The van der Waals surface area contributed by atoms with Crippen LogP contribution in [0, 0.1) is 11.3 Å². The minimum Gasteiger partial charge on any atom is -0.312 e. The fourth-order valence-corrected chi connectivity index (χ4v) is 3.24. The molecule has 0 bridgehead atoms. The third-order valence-electron chi connectivity index (χ3n) is 5.54. The molecule has 0 amide bonds. The number of hydrogen-bond acceptors (Lipinski definition) is 2. The number of nitrogens with one attached hydrogen (secondary N) is 1. The summed E-state index contributed by atoms with van der Waals surface area (Å²) < 4.78 is 0. The lowest BCUT2D eigenvalue weighted by atomic mass is 9.92. The van der Waals surface area contributed by atoms with Gasteiger partial charge in [-0.2, -0.15) is 0 Å². The Morgan fingerprint density at radius 1 is 1.12 bits per heavy atom. The molecule has 0 radical (unpaired) electrons. The topological polar surface area (TPSA) is 15.3 Å². The minimum absolute atomic E-state index is 0.656. The van der Waals surface area contributed by atoms with E-state index in [-0.39, 0.29) is 0 Å². The van der Waals surface area contributed by atoms with Crippen molar-refractivity contribution in [1.82, 2.24) is 10.2 Å². The van der Waals surface area contributed by atoms with Gasteiger partial charge < -0.3 is 5.32 Å². The zero-order valence-electron chi connectivity index (χ0n) is 11.5.